The number of allylic oxidation sites excluding steroid dienone is 18. The minimum absolute atomic E-state index is 0.110. The van der Waals surface area contributed by atoms with Gasteiger partial charge in [0.1, 0.15) is 13.2 Å². The first-order chi connectivity index (χ1) is 32.5. The predicted molar refractivity (Wildman–Crippen MR) is 283 cm³/mol. The zero-order chi connectivity index (χ0) is 47.9. The third-order valence-electron chi connectivity index (χ3n) is 11.1. The summed E-state index contributed by atoms with van der Waals surface area (Å²) >= 11 is 0. The fourth-order valence-electron chi connectivity index (χ4n) is 7.13. The van der Waals surface area contributed by atoms with Gasteiger partial charge in [-0.25, -0.2) is 0 Å². The molecule has 0 fully saturated rings. The van der Waals surface area contributed by atoms with Crippen LogP contribution in [0.1, 0.15) is 233 Å². The molecule has 0 rings (SSSR count). The lowest BCUT2D eigenvalue weighted by Crippen LogP contribution is -2.30. The van der Waals surface area contributed by atoms with Crippen LogP contribution in [0.3, 0.4) is 0 Å². The molecule has 0 amide bonds. The summed E-state index contributed by atoms with van der Waals surface area (Å²) in [5.74, 6) is -1.01. The van der Waals surface area contributed by atoms with Crippen LogP contribution in [0.4, 0.5) is 0 Å². The van der Waals surface area contributed by atoms with Crippen LogP contribution in [-0.2, 0) is 28.6 Å². The Morgan fingerprint density at radius 2 is 0.682 bits per heavy atom. The highest BCUT2D eigenvalue weighted by atomic mass is 16.6. The second kappa shape index (κ2) is 53.7. The van der Waals surface area contributed by atoms with E-state index < -0.39 is 6.10 Å². The lowest BCUT2D eigenvalue weighted by molar-refractivity contribution is -0.167. The summed E-state index contributed by atoms with van der Waals surface area (Å²) in [6.07, 6.45) is 72.3. The third kappa shape index (κ3) is 51.1. The van der Waals surface area contributed by atoms with Crippen LogP contribution >= 0.6 is 0 Å². The van der Waals surface area contributed by atoms with Gasteiger partial charge in [0.25, 0.3) is 0 Å². The molecule has 0 aliphatic carbocycles. The van der Waals surface area contributed by atoms with Crippen molar-refractivity contribution in [3.8, 4) is 0 Å². The minimum Gasteiger partial charge on any atom is -0.462 e. The summed E-state index contributed by atoms with van der Waals surface area (Å²) in [5.41, 5.74) is 0. The summed E-state index contributed by atoms with van der Waals surface area (Å²) < 4.78 is 16.7. The molecule has 0 saturated heterocycles. The molecule has 6 nitrogen and oxygen atoms in total. The fourth-order valence-corrected chi connectivity index (χ4v) is 7.13. The van der Waals surface area contributed by atoms with Crippen molar-refractivity contribution in [3.05, 3.63) is 109 Å². The Morgan fingerprint density at radius 1 is 0.333 bits per heavy atom. The number of unbranched alkanes of at least 4 members (excludes halogenated alkanes) is 22. The van der Waals surface area contributed by atoms with Crippen molar-refractivity contribution in [1.82, 2.24) is 0 Å². The van der Waals surface area contributed by atoms with Crippen molar-refractivity contribution < 1.29 is 28.6 Å². The van der Waals surface area contributed by atoms with Crippen molar-refractivity contribution in [3.63, 3.8) is 0 Å². The molecular formula is C60H98O6. The third-order valence-corrected chi connectivity index (χ3v) is 11.1. The first kappa shape index (κ1) is 62.1. The zero-order valence-corrected chi connectivity index (χ0v) is 42.7. The fraction of sp³-hybridized carbons (Fsp3) is 0.650. The molecule has 374 valence electrons. The monoisotopic (exact) mass is 915 g/mol. The lowest BCUT2D eigenvalue weighted by Gasteiger charge is -2.18. The van der Waals surface area contributed by atoms with E-state index in [0.717, 1.165) is 83.5 Å². The van der Waals surface area contributed by atoms with Gasteiger partial charge in [-0.3, -0.25) is 14.4 Å². The number of carbonyl (C=O) groups is 3. The number of hydrogen-bond donors (Lipinski definition) is 0. The highest BCUT2D eigenvalue weighted by Gasteiger charge is 2.19. The maximum atomic E-state index is 12.8. The van der Waals surface area contributed by atoms with Crippen molar-refractivity contribution in [2.45, 2.75) is 239 Å². The second-order valence-corrected chi connectivity index (χ2v) is 17.5. The molecule has 0 spiro atoms. The van der Waals surface area contributed by atoms with Gasteiger partial charge in [0.15, 0.2) is 6.10 Å². The van der Waals surface area contributed by atoms with E-state index in [-0.39, 0.29) is 37.5 Å². The minimum atomic E-state index is -0.817. The van der Waals surface area contributed by atoms with Crippen LogP contribution in [0.15, 0.2) is 109 Å². The van der Waals surface area contributed by atoms with Crippen LogP contribution in [0, 0.1) is 0 Å². The standard InChI is InChI=1S/C60H98O6/c1-4-7-10-13-16-19-22-25-27-29-30-31-33-35-38-41-44-47-50-53-59(62)65-56-57(55-64-58(61)52-49-46-43-40-37-34-24-21-18-15-12-9-6-3)66-60(63)54-51-48-45-42-39-36-32-28-26-23-20-17-14-11-8-5-2/h8-9,11-12,15,17-18,20-21,24,26,28-30,34,37,40,43,57H,4-7,10,13-14,16,19,22-23,25,27,31-33,35-36,38-39,41-42,44-56H2,1-3H3/b11-8-,12-9-,18-15-,20-17-,24-21-,28-26-,30-29-,37-34-,43-40-. The van der Waals surface area contributed by atoms with E-state index in [1.807, 2.05) is 54.7 Å². The largest absolute Gasteiger partial charge is 0.462 e. The van der Waals surface area contributed by atoms with Gasteiger partial charge in [0, 0.05) is 19.3 Å². The summed E-state index contributed by atoms with van der Waals surface area (Å²) in [4.78, 5) is 38.0. The Bertz CT molecular complexity index is 1370. The van der Waals surface area contributed by atoms with Crippen LogP contribution in [0.5, 0.6) is 0 Å². The molecule has 0 aromatic rings. The van der Waals surface area contributed by atoms with Crippen molar-refractivity contribution in [2.24, 2.45) is 0 Å². The number of ether oxygens (including phenoxy) is 3. The molecule has 1 atom stereocenters. The molecule has 0 aliphatic rings. The molecule has 0 N–H and O–H groups in total. The summed E-state index contributed by atoms with van der Waals surface area (Å²) in [7, 11) is 0. The van der Waals surface area contributed by atoms with Crippen LogP contribution in [0.2, 0.25) is 0 Å². The average Bonchev–Trinajstić information content (AvgIpc) is 3.31. The van der Waals surface area contributed by atoms with E-state index in [0.29, 0.717) is 19.3 Å². The molecule has 0 aromatic heterocycles. The Labute approximate surface area is 406 Å². The Kier molecular flexibility index (Phi) is 50.5. The van der Waals surface area contributed by atoms with E-state index in [9.17, 15) is 14.4 Å². The summed E-state index contributed by atoms with van der Waals surface area (Å²) in [6, 6.07) is 0. The zero-order valence-electron chi connectivity index (χ0n) is 42.7. The molecule has 0 bridgehead atoms. The molecule has 0 aromatic carbocycles. The Balaban J connectivity index is 4.47. The Hall–Kier alpha value is -3.93. The van der Waals surface area contributed by atoms with E-state index in [2.05, 4.69) is 75.5 Å². The molecule has 0 heterocycles. The molecule has 0 radical (unpaired) electrons. The molecule has 6 heteroatoms. The Morgan fingerprint density at radius 3 is 1.17 bits per heavy atom. The van der Waals surface area contributed by atoms with Gasteiger partial charge in [0.2, 0.25) is 0 Å². The van der Waals surface area contributed by atoms with Gasteiger partial charge >= 0.3 is 17.9 Å². The van der Waals surface area contributed by atoms with Crippen LogP contribution in [-0.4, -0.2) is 37.2 Å². The first-order valence-corrected chi connectivity index (χ1v) is 27.0. The number of esters is 3. The van der Waals surface area contributed by atoms with Crippen molar-refractivity contribution >= 4 is 17.9 Å². The number of carbonyl (C=O) groups excluding carboxylic acids is 3. The highest BCUT2D eigenvalue weighted by Crippen LogP contribution is 2.14. The molecule has 66 heavy (non-hydrogen) atoms. The van der Waals surface area contributed by atoms with Gasteiger partial charge in [0.05, 0.1) is 0 Å². The SMILES string of the molecule is CC\C=C/C=C\C=C/C=C\C=C/CCCC(=O)OCC(COC(=O)CCCCCCCCC/C=C\CCCCCCCCCC)OC(=O)CCCCCCCC/C=C\C/C=C\C/C=C\CC. The quantitative estimate of drug-likeness (QED) is 0.0199. The van der Waals surface area contributed by atoms with Crippen LogP contribution < -0.4 is 0 Å². The maximum absolute atomic E-state index is 12.8. The van der Waals surface area contributed by atoms with Crippen molar-refractivity contribution in [2.75, 3.05) is 13.2 Å². The van der Waals surface area contributed by atoms with E-state index >= 15 is 0 Å². The van der Waals surface area contributed by atoms with E-state index in [1.165, 1.54) is 103 Å². The second-order valence-electron chi connectivity index (χ2n) is 17.5. The van der Waals surface area contributed by atoms with Gasteiger partial charge < -0.3 is 14.2 Å². The van der Waals surface area contributed by atoms with Crippen LogP contribution in [0.25, 0.3) is 0 Å². The summed E-state index contributed by atoms with van der Waals surface area (Å²) in [5, 5.41) is 0. The number of rotatable bonds is 47. The van der Waals surface area contributed by atoms with Gasteiger partial charge in [-0.15, -0.1) is 0 Å². The van der Waals surface area contributed by atoms with Gasteiger partial charge in [-0.05, 0) is 89.9 Å². The molecule has 1 unspecified atom stereocenters. The number of hydrogen-bond acceptors (Lipinski definition) is 6. The molecular weight excluding hydrogens is 817 g/mol. The topological polar surface area (TPSA) is 78.9 Å². The van der Waals surface area contributed by atoms with Crippen molar-refractivity contribution in [1.29, 1.82) is 0 Å². The van der Waals surface area contributed by atoms with E-state index in [1.54, 1.807) is 0 Å². The molecule has 0 saturated carbocycles. The smallest absolute Gasteiger partial charge is 0.306 e. The van der Waals surface area contributed by atoms with E-state index in [4.69, 9.17) is 14.2 Å². The normalized spacial score (nSPS) is 13.0. The highest BCUT2D eigenvalue weighted by molar-refractivity contribution is 5.71. The average molecular weight is 915 g/mol. The van der Waals surface area contributed by atoms with Gasteiger partial charge in [-0.2, -0.15) is 0 Å². The predicted octanol–water partition coefficient (Wildman–Crippen LogP) is 17.9. The van der Waals surface area contributed by atoms with Gasteiger partial charge in [-0.1, -0.05) is 233 Å². The summed E-state index contributed by atoms with van der Waals surface area (Å²) in [6.45, 7) is 6.30. The first-order valence-electron chi connectivity index (χ1n) is 27.0. The maximum Gasteiger partial charge on any atom is 0.306 e. The lowest BCUT2D eigenvalue weighted by atomic mass is 10.1. The molecule has 0 aliphatic heterocycles.